The third-order valence-corrected chi connectivity index (χ3v) is 3.28. The molecule has 16 heavy (non-hydrogen) atoms. The molecule has 0 aromatic heterocycles. The summed E-state index contributed by atoms with van der Waals surface area (Å²) in [5.74, 6) is 1.28. The van der Waals surface area contributed by atoms with E-state index in [0.29, 0.717) is 12.5 Å². The molecule has 0 bridgehead atoms. The predicted molar refractivity (Wildman–Crippen MR) is 72.6 cm³/mol. The van der Waals surface area contributed by atoms with Gasteiger partial charge in [0.1, 0.15) is 0 Å². The van der Waals surface area contributed by atoms with Crippen molar-refractivity contribution in [3.05, 3.63) is 0 Å². The first-order valence-corrected chi connectivity index (χ1v) is 7.31. The zero-order valence-electron chi connectivity index (χ0n) is 11.7. The third-order valence-electron chi connectivity index (χ3n) is 3.28. The molecule has 0 spiro atoms. The minimum Gasteiger partial charge on any atom is -0.396 e. The molecule has 0 saturated carbocycles. The fraction of sp³-hybridized carbons (Fsp3) is 1.00. The van der Waals surface area contributed by atoms with E-state index in [1.807, 2.05) is 0 Å². The molecule has 0 aliphatic heterocycles. The summed E-state index contributed by atoms with van der Waals surface area (Å²) in [5.41, 5.74) is 0. The molecule has 0 fully saturated rings. The van der Waals surface area contributed by atoms with Crippen molar-refractivity contribution < 1.29 is 5.11 Å². The lowest BCUT2D eigenvalue weighted by atomic mass is 9.92. The Labute approximate surface area is 103 Å². The largest absolute Gasteiger partial charge is 0.396 e. The molecule has 0 aromatic carbocycles. The number of hydrogen-bond acceptors (Lipinski definition) is 1. The van der Waals surface area contributed by atoms with Crippen molar-refractivity contribution in [1.82, 2.24) is 0 Å². The normalized spacial score (nSPS) is 13.3. The van der Waals surface area contributed by atoms with Gasteiger partial charge in [-0.1, -0.05) is 65.7 Å². The summed E-state index contributed by atoms with van der Waals surface area (Å²) in [6.45, 7) is 7.13. The van der Waals surface area contributed by atoms with Crippen LogP contribution in [0.1, 0.15) is 78.6 Å². The van der Waals surface area contributed by atoms with Gasteiger partial charge in [-0.3, -0.25) is 0 Å². The Balaban J connectivity index is 3.27. The topological polar surface area (TPSA) is 20.2 Å². The molecule has 0 radical (unpaired) electrons. The van der Waals surface area contributed by atoms with Crippen LogP contribution in [0.3, 0.4) is 0 Å². The molecule has 1 heteroatoms. The summed E-state index contributed by atoms with van der Waals surface area (Å²) in [5, 5.41) is 9.25. The molecular formula is C15H32O. The molecule has 98 valence electrons. The maximum Gasteiger partial charge on any atom is 0.0459 e. The van der Waals surface area contributed by atoms with Gasteiger partial charge in [0.15, 0.2) is 0 Å². The molecule has 0 amide bonds. The highest BCUT2D eigenvalue weighted by molar-refractivity contribution is 4.60. The molecule has 1 nitrogen and oxygen atoms in total. The molecule has 0 heterocycles. The summed E-state index contributed by atoms with van der Waals surface area (Å²) in [4.78, 5) is 0. The molecule has 0 aliphatic carbocycles. The lowest BCUT2D eigenvalue weighted by molar-refractivity contribution is 0.195. The molecule has 0 rings (SSSR count). The van der Waals surface area contributed by atoms with Crippen LogP contribution in [-0.2, 0) is 0 Å². The van der Waals surface area contributed by atoms with Crippen molar-refractivity contribution >= 4 is 0 Å². The Bertz CT molecular complexity index is 131. The maximum absolute atomic E-state index is 9.25. The second-order valence-electron chi connectivity index (χ2n) is 5.59. The van der Waals surface area contributed by atoms with E-state index in [9.17, 15) is 5.11 Å². The van der Waals surface area contributed by atoms with Crippen molar-refractivity contribution in [1.29, 1.82) is 0 Å². The molecular weight excluding hydrogens is 196 g/mol. The lowest BCUT2D eigenvalue weighted by Crippen LogP contribution is -2.09. The van der Waals surface area contributed by atoms with Gasteiger partial charge in [-0.25, -0.2) is 0 Å². The van der Waals surface area contributed by atoms with E-state index in [0.717, 1.165) is 5.92 Å². The van der Waals surface area contributed by atoms with E-state index in [2.05, 4.69) is 20.8 Å². The van der Waals surface area contributed by atoms with E-state index in [-0.39, 0.29) is 0 Å². The summed E-state index contributed by atoms with van der Waals surface area (Å²) in [6, 6.07) is 0. The highest BCUT2D eigenvalue weighted by Crippen LogP contribution is 2.18. The van der Waals surface area contributed by atoms with Crippen molar-refractivity contribution in [2.45, 2.75) is 78.6 Å². The highest BCUT2D eigenvalue weighted by atomic mass is 16.3. The van der Waals surface area contributed by atoms with E-state index in [1.54, 1.807) is 0 Å². The summed E-state index contributed by atoms with van der Waals surface area (Å²) >= 11 is 0. The Morgan fingerprint density at radius 2 is 1.44 bits per heavy atom. The summed E-state index contributed by atoms with van der Waals surface area (Å²) in [6.07, 6.45) is 12.0. The van der Waals surface area contributed by atoms with Crippen LogP contribution >= 0.6 is 0 Å². The van der Waals surface area contributed by atoms with E-state index in [1.165, 1.54) is 57.8 Å². The van der Waals surface area contributed by atoms with Gasteiger partial charge in [0.05, 0.1) is 0 Å². The molecule has 0 aromatic rings. The fourth-order valence-electron chi connectivity index (χ4n) is 2.34. The predicted octanol–water partition coefficient (Wildman–Crippen LogP) is 4.78. The Morgan fingerprint density at radius 3 is 1.94 bits per heavy atom. The average Bonchev–Trinajstić information content (AvgIpc) is 2.25. The van der Waals surface area contributed by atoms with Crippen LogP contribution < -0.4 is 0 Å². The Morgan fingerprint density at radius 1 is 0.875 bits per heavy atom. The SMILES string of the molecule is CCCCCCCCCC(CO)CC(C)C. The molecule has 1 N–H and O–H groups in total. The van der Waals surface area contributed by atoms with Crippen LogP contribution in [0, 0.1) is 11.8 Å². The smallest absolute Gasteiger partial charge is 0.0459 e. The third kappa shape index (κ3) is 10.5. The molecule has 1 atom stereocenters. The van der Waals surface area contributed by atoms with Crippen LogP contribution in [0.15, 0.2) is 0 Å². The molecule has 1 unspecified atom stereocenters. The number of aliphatic hydroxyl groups excluding tert-OH is 1. The van der Waals surface area contributed by atoms with Gasteiger partial charge in [-0.15, -0.1) is 0 Å². The van der Waals surface area contributed by atoms with Crippen molar-refractivity contribution in [3.63, 3.8) is 0 Å². The van der Waals surface area contributed by atoms with Gasteiger partial charge in [0.25, 0.3) is 0 Å². The second-order valence-corrected chi connectivity index (χ2v) is 5.59. The highest BCUT2D eigenvalue weighted by Gasteiger charge is 2.08. The number of hydrogen-bond donors (Lipinski definition) is 1. The first-order chi connectivity index (χ1) is 7.70. The second kappa shape index (κ2) is 11.4. The zero-order chi connectivity index (χ0) is 12.2. The standard InChI is InChI=1S/C15H32O/c1-4-5-6-7-8-9-10-11-15(13-16)12-14(2)3/h14-16H,4-13H2,1-3H3. The minimum absolute atomic E-state index is 0.383. The minimum atomic E-state index is 0.383. The van der Waals surface area contributed by atoms with Crippen LogP contribution in [0.4, 0.5) is 0 Å². The maximum atomic E-state index is 9.25. The Kier molecular flexibility index (Phi) is 11.4. The van der Waals surface area contributed by atoms with Crippen LogP contribution in [0.25, 0.3) is 0 Å². The van der Waals surface area contributed by atoms with Gasteiger partial charge in [-0.05, 0) is 24.7 Å². The van der Waals surface area contributed by atoms with Crippen molar-refractivity contribution in [3.8, 4) is 0 Å². The molecule has 0 saturated heterocycles. The van der Waals surface area contributed by atoms with Crippen molar-refractivity contribution in [2.24, 2.45) is 11.8 Å². The fourth-order valence-corrected chi connectivity index (χ4v) is 2.34. The van der Waals surface area contributed by atoms with Crippen LogP contribution in [0.2, 0.25) is 0 Å². The van der Waals surface area contributed by atoms with Gasteiger partial charge >= 0.3 is 0 Å². The Hall–Kier alpha value is -0.0400. The summed E-state index contributed by atoms with van der Waals surface area (Å²) < 4.78 is 0. The lowest BCUT2D eigenvalue weighted by Gasteiger charge is -2.16. The van der Waals surface area contributed by atoms with E-state index in [4.69, 9.17) is 0 Å². The van der Waals surface area contributed by atoms with Gasteiger partial charge in [0, 0.05) is 6.61 Å². The van der Waals surface area contributed by atoms with Crippen molar-refractivity contribution in [2.75, 3.05) is 6.61 Å². The van der Waals surface area contributed by atoms with Crippen LogP contribution in [0.5, 0.6) is 0 Å². The number of unbranched alkanes of at least 4 members (excludes halogenated alkanes) is 6. The zero-order valence-corrected chi connectivity index (χ0v) is 11.7. The first-order valence-electron chi connectivity index (χ1n) is 7.31. The van der Waals surface area contributed by atoms with E-state index >= 15 is 0 Å². The van der Waals surface area contributed by atoms with E-state index < -0.39 is 0 Å². The van der Waals surface area contributed by atoms with Crippen LogP contribution in [-0.4, -0.2) is 11.7 Å². The summed E-state index contributed by atoms with van der Waals surface area (Å²) in [7, 11) is 0. The first kappa shape index (κ1) is 16.0. The number of rotatable bonds is 11. The van der Waals surface area contributed by atoms with Gasteiger partial charge in [-0.2, -0.15) is 0 Å². The quantitative estimate of drug-likeness (QED) is 0.504. The number of aliphatic hydroxyl groups is 1. The monoisotopic (exact) mass is 228 g/mol. The van der Waals surface area contributed by atoms with Gasteiger partial charge in [0.2, 0.25) is 0 Å². The average molecular weight is 228 g/mol. The molecule has 0 aliphatic rings. The van der Waals surface area contributed by atoms with Gasteiger partial charge < -0.3 is 5.11 Å².